The van der Waals surface area contributed by atoms with Crippen molar-refractivity contribution in [1.82, 2.24) is 0 Å². The van der Waals surface area contributed by atoms with E-state index >= 15 is 0 Å². The minimum Gasteiger partial charge on any atom is -0.330 e. The van der Waals surface area contributed by atoms with Crippen molar-refractivity contribution >= 4 is 11.6 Å². The van der Waals surface area contributed by atoms with E-state index in [-0.39, 0.29) is 0 Å². The number of anilines is 1. The molecule has 3 nitrogen and oxygen atoms in total. The number of nitrogens with zero attached hydrogens (tertiary/aromatic N) is 1. The maximum absolute atomic E-state index is 12.9. The van der Waals surface area contributed by atoms with E-state index in [9.17, 15) is 4.79 Å². The number of hydrogen-bond acceptors (Lipinski definition) is 2. The fraction of sp³-hybridized carbons (Fsp3) is 0.588. The van der Waals surface area contributed by atoms with E-state index in [1.807, 2.05) is 17.0 Å². The van der Waals surface area contributed by atoms with Crippen LogP contribution in [0, 0.1) is 24.7 Å². The maximum atomic E-state index is 12.9. The fourth-order valence-electron chi connectivity index (χ4n) is 3.83. The van der Waals surface area contributed by atoms with Gasteiger partial charge in [0.15, 0.2) is 0 Å². The van der Waals surface area contributed by atoms with Gasteiger partial charge in [-0.15, -0.1) is 0 Å². The molecule has 0 saturated heterocycles. The van der Waals surface area contributed by atoms with Crippen LogP contribution in [0.2, 0.25) is 0 Å². The summed E-state index contributed by atoms with van der Waals surface area (Å²) in [5.41, 5.74) is 7.87. The average molecular weight is 272 g/mol. The molecule has 108 valence electrons. The summed E-state index contributed by atoms with van der Waals surface area (Å²) in [7, 11) is 0. The van der Waals surface area contributed by atoms with Crippen LogP contribution in [0.1, 0.15) is 31.2 Å². The second-order valence-corrected chi connectivity index (χ2v) is 6.20. The quantitative estimate of drug-likeness (QED) is 0.896. The smallest absolute Gasteiger partial charge is 0.230 e. The molecule has 2 aliphatic rings. The zero-order chi connectivity index (χ0) is 14.1. The summed E-state index contributed by atoms with van der Waals surface area (Å²) in [5, 5.41) is 0. The first kappa shape index (κ1) is 13.6. The molecule has 0 aromatic heterocycles. The summed E-state index contributed by atoms with van der Waals surface area (Å²) < 4.78 is 0. The third-order valence-corrected chi connectivity index (χ3v) is 4.95. The van der Waals surface area contributed by atoms with Crippen molar-refractivity contribution in [2.75, 3.05) is 18.0 Å². The molecular weight excluding hydrogens is 248 g/mol. The SMILES string of the molecule is Cc1ccccc1N(CCCN)C(=O)C1C2CCCC21. The number of aryl methyl sites for hydroxylation is 1. The number of para-hydroxylation sites is 1. The van der Waals surface area contributed by atoms with E-state index < -0.39 is 0 Å². The van der Waals surface area contributed by atoms with Crippen LogP contribution in [0.5, 0.6) is 0 Å². The lowest BCUT2D eigenvalue weighted by Gasteiger charge is -2.25. The van der Waals surface area contributed by atoms with Crippen LogP contribution in [-0.4, -0.2) is 19.0 Å². The molecule has 3 heteroatoms. The van der Waals surface area contributed by atoms with Gasteiger partial charge in [-0.1, -0.05) is 24.6 Å². The molecular formula is C17H24N2O. The first-order valence-electron chi connectivity index (χ1n) is 7.81. The fourth-order valence-corrected chi connectivity index (χ4v) is 3.83. The Morgan fingerprint density at radius 3 is 2.65 bits per heavy atom. The Morgan fingerprint density at radius 2 is 2.00 bits per heavy atom. The Balaban J connectivity index is 1.79. The number of nitrogens with two attached hydrogens (primary N) is 1. The van der Waals surface area contributed by atoms with Crippen molar-refractivity contribution in [3.63, 3.8) is 0 Å². The maximum Gasteiger partial charge on any atom is 0.230 e. The van der Waals surface area contributed by atoms with Crippen molar-refractivity contribution in [2.24, 2.45) is 23.5 Å². The second kappa shape index (κ2) is 5.57. The predicted octanol–water partition coefficient (Wildman–Crippen LogP) is 2.72. The minimum absolute atomic E-state index is 0.293. The molecule has 2 atom stereocenters. The molecule has 0 aliphatic heterocycles. The Hall–Kier alpha value is -1.35. The normalized spacial score (nSPS) is 27.2. The zero-order valence-corrected chi connectivity index (χ0v) is 12.2. The number of amides is 1. The van der Waals surface area contributed by atoms with E-state index in [0.29, 0.717) is 30.2 Å². The van der Waals surface area contributed by atoms with Gasteiger partial charge in [-0.05, 0) is 56.2 Å². The molecule has 1 aromatic carbocycles. The Bertz CT molecular complexity index is 490. The number of hydrogen-bond donors (Lipinski definition) is 1. The van der Waals surface area contributed by atoms with Crippen molar-refractivity contribution in [2.45, 2.75) is 32.6 Å². The third kappa shape index (κ3) is 2.35. The molecule has 0 spiro atoms. The van der Waals surface area contributed by atoms with Crippen LogP contribution in [-0.2, 0) is 4.79 Å². The number of carbonyl (C=O) groups excluding carboxylic acids is 1. The van der Waals surface area contributed by atoms with Gasteiger partial charge < -0.3 is 10.6 Å². The molecule has 2 aliphatic carbocycles. The predicted molar refractivity (Wildman–Crippen MR) is 81.5 cm³/mol. The second-order valence-electron chi connectivity index (χ2n) is 6.20. The highest BCUT2D eigenvalue weighted by Crippen LogP contribution is 2.58. The Labute approximate surface area is 121 Å². The highest BCUT2D eigenvalue weighted by Gasteiger charge is 2.57. The van der Waals surface area contributed by atoms with E-state index in [1.165, 1.54) is 24.8 Å². The number of fused-ring (bicyclic) bond motifs is 1. The highest BCUT2D eigenvalue weighted by molar-refractivity contribution is 5.97. The first-order valence-corrected chi connectivity index (χ1v) is 7.81. The molecule has 2 unspecified atom stereocenters. The average Bonchev–Trinajstić information content (AvgIpc) is 2.93. The summed E-state index contributed by atoms with van der Waals surface area (Å²) in [4.78, 5) is 14.9. The van der Waals surface area contributed by atoms with Gasteiger partial charge in [0, 0.05) is 18.2 Å². The lowest BCUT2D eigenvalue weighted by molar-refractivity contribution is -0.120. The molecule has 0 heterocycles. The largest absolute Gasteiger partial charge is 0.330 e. The lowest BCUT2D eigenvalue weighted by atomic mass is 10.1. The van der Waals surface area contributed by atoms with Crippen LogP contribution >= 0.6 is 0 Å². The first-order chi connectivity index (χ1) is 9.74. The van der Waals surface area contributed by atoms with Gasteiger partial charge in [-0.25, -0.2) is 0 Å². The topological polar surface area (TPSA) is 46.3 Å². The van der Waals surface area contributed by atoms with Crippen molar-refractivity contribution in [3.05, 3.63) is 29.8 Å². The summed E-state index contributed by atoms with van der Waals surface area (Å²) in [6, 6.07) is 8.17. The van der Waals surface area contributed by atoms with Gasteiger partial charge in [-0.3, -0.25) is 4.79 Å². The van der Waals surface area contributed by atoms with Crippen LogP contribution in [0.4, 0.5) is 5.69 Å². The van der Waals surface area contributed by atoms with Crippen LogP contribution in [0.25, 0.3) is 0 Å². The van der Waals surface area contributed by atoms with E-state index in [0.717, 1.165) is 18.7 Å². The van der Waals surface area contributed by atoms with Gasteiger partial charge in [0.2, 0.25) is 5.91 Å². The molecule has 3 rings (SSSR count). The summed E-state index contributed by atoms with van der Waals surface area (Å²) in [5.74, 6) is 1.97. The number of benzene rings is 1. The molecule has 20 heavy (non-hydrogen) atoms. The number of carbonyl (C=O) groups is 1. The van der Waals surface area contributed by atoms with Crippen LogP contribution in [0.15, 0.2) is 24.3 Å². The van der Waals surface area contributed by atoms with Gasteiger partial charge in [0.25, 0.3) is 0 Å². The van der Waals surface area contributed by atoms with Crippen molar-refractivity contribution in [3.8, 4) is 0 Å². The van der Waals surface area contributed by atoms with Gasteiger partial charge in [0.05, 0.1) is 0 Å². The molecule has 0 bridgehead atoms. The van der Waals surface area contributed by atoms with E-state index in [1.54, 1.807) is 0 Å². The third-order valence-electron chi connectivity index (χ3n) is 4.95. The Morgan fingerprint density at radius 1 is 1.30 bits per heavy atom. The van der Waals surface area contributed by atoms with Crippen LogP contribution in [0.3, 0.4) is 0 Å². The van der Waals surface area contributed by atoms with Gasteiger partial charge in [0.1, 0.15) is 0 Å². The van der Waals surface area contributed by atoms with Gasteiger partial charge >= 0.3 is 0 Å². The summed E-state index contributed by atoms with van der Waals surface area (Å²) in [6.07, 6.45) is 4.67. The molecule has 2 N–H and O–H groups in total. The lowest BCUT2D eigenvalue weighted by Crippen LogP contribution is -2.35. The molecule has 2 saturated carbocycles. The molecule has 1 amide bonds. The van der Waals surface area contributed by atoms with Crippen molar-refractivity contribution in [1.29, 1.82) is 0 Å². The molecule has 0 radical (unpaired) electrons. The molecule has 1 aromatic rings. The van der Waals surface area contributed by atoms with Crippen molar-refractivity contribution < 1.29 is 4.79 Å². The monoisotopic (exact) mass is 272 g/mol. The molecule has 2 fully saturated rings. The minimum atomic E-state index is 0.293. The van der Waals surface area contributed by atoms with E-state index in [2.05, 4.69) is 19.1 Å². The highest BCUT2D eigenvalue weighted by atomic mass is 16.2. The summed E-state index contributed by atoms with van der Waals surface area (Å²) in [6.45, 7) is 3.45. The summed E-state index contributed by atoms with van der Waals surface area (Å²) >= 11 is 0. The van der Waals surface area contributed by atoms with E-state index in [4.69, 9.17) is 5.73 Å². The van der Waals surface area contributed by atoms with Gasteiger partial charge in [-0.2, -0.15) is 0 Å². The zero-order valence-electron chi connectivity index (χ0n) is 12.2. The number of rotatable bonds is 5. The standard InChI is InChI=1S/C17H24N2O/c1-12-6-2-3-9-15(12)19(11-5-10-18)17(20)16-13-7-4-8-14(13)16/h2-3,6,9,13-14,16H,4-5,7-8,10-11,18H2,1H3. The van der Waals surface area contributed by atoms with Crippen LogP contribution < -0.4 is 10.6 Å². The Kier molecular flexibility index (Phi) is 3.79.